The molecule has 0 amide bonds. The van der Waals surface area contributed by atoms with Gasteiger partial charge in [-0.05, 0) is 19.1 Å². The molecule has 0 radical (unpaired) electrons. The van der Waals surface area contributed by atoms with Crippen molar-refractivity contribution in [1.29, 1.82) is 0 Å². The summed E-state index contributed by atoms with van der Waals surface area (Å²) in [7, 11) is 0. The minimum Gasteiger partial charge on any atom is -0.388 e. The number of benzene rings is 1. The van der Waals surface area contributed by atoms with Gasteiger partial charge in [0.25, 0.3) is 0 Å². The molecule has 0 saturated heterocycles. The van der Waals surface area contributed by atoms with Crippen molar-refractivity contribution in [3.05, 3.63) is 47.3 Å². The van der Waals surface area contributed by atoms with Crippen LogP contribution in [0.15, 0.2) is 30.7 Å². The van der Waals surface area contributed by atoms with Crippen LogP contribution < -0.4 is 0 Å². The number of aryl methyl sites for hydroxylation is 1. The highest BCUT2D eigenvalue weighted by atomic mass is 35.5. The molecular formula is C14H15ClN4O. The summed E-state index contributed by atoms with van der Waals surface area (Å²) in [6.45, 7) is 3.42. The Bertz CT molecular complexity index is 747. The highest BCUT2D eigenvalue weighted by Crippen LogP contribution is 2.24. The van der Waals surface area contributed by atoms with E-state index in [0.717, 1.165) is 23.3 Å². The fourth-order valence-electron chi connectivity index (χ4n) is 2.38. The van der Waals surface area contributed by atoms with E-state index in [1.165, 1.54) is 0 Å². The monoisotopic (exact) mass is 290 g/mol. The van der Waals surface area contributed by atoms with Crippen molar-refractivity contribution in [2.24, 2.45) is 0 Å². The van der Waals surface area contributed by atoms with E-state index >= 15 is 0 Å². The summed E-state index contributed by atoms with van der Waals surface area (Å²) in [6.07, 6.45) is 3.64. The summed E-state index contributed by atoms with van der Waals surface area (Å²) in [5, 5.41) is 10.1. The average Bonchev–Trinajstić information content (AvgIpc) is 3.05. The molecule has 0 atom stereocenters. The summed E-state index contributed by atoms with van der Waals surface area (Å²) in [6, 6.07) is 5.65. The number of aliphatic hydroxyl groups is 1. The van der Waals surface area contributed by atoms with Crippen LogP contribution in [-0.4, -0.2) is 24.2 Å². The van der Waals surface area contributed by atoms with Crippen LogP contribution in [0.3, 0.4) is 0 Å². The van der Waals surface area contributed by atoms with Gasteiger partial charge in [0.1, 0.15) is 17.9 Å². The molecule has 3 rings (SSSR count). The lowest BCUT2D eigenvalue weighted by molar-refractivity contribution is 0.266. The maximum Gasteiger partial charge on any atom is 0.136 e. The molecule has 2 heterocycles. The molecule has 0 aliphatic carbocycles. The largest absolute Gasteiger partial charge is 0.388 e. The predicted molar refractivity (Wildman–Crippen MR) is 77.7 cm³/mol. The Morgan fingerprint density at radius 3 is 2.95 bits per heavy atom. The Hall–Kier alpha value is -1.85. The van der Waals surface area contributed by atoms with E-state index in [9.17, 15) is 5.11 Å². The number of fused-ring (bicyclic) bond motifs is 1. The Labute approximate surface area is 121 Å². The Kier molecular flexibility index (Phi) is 3.46. The van der Waals surface area contributed by atoms with Crippen LogP contribution in [-0.2, 0) is 19.7 Å². The van der Waals surface area contributed by atoms with Gasteiger partial charge in [0.05, 0.1) is 29.1 Å². The van der Waals surface area contributed by atoms with E-state index in [1.54, 1.807) is 12.4 Å². The van der Waals surface area contributed by atoms with Gasteiger partial charge in [-0.25, -0.2) is 9.97 Å². The highest BCUT2D eigenvalue weighted by Gasteiger charge is 2.13. The zero-order valence-electron chi connectivity index (χ0n) is 11.1. The van der Waals surface area contributed by atoms with Crippen molar-refractivity contribution in [1.82, 2.24) is 19.1 Å². The Morgan fingerprint density at radius 2 is 2.20 bits per heavy atom. The molecule has 0 saturated carbocycles. The summed E-state index contributed by atoms with van der Waals surface area (Å²) in [5.74, 6) is 0.608. The van der Waals surface area contributed by atoms with Gasteiger partial charge in [-0.15, -0.1) is 0 Å². The predicted octanol–water partition coefficient (Wildman–Crippen LogP) is 2.45. The van der Waals surface area contributed by atoms with Crippen molar-refractivity contribution < 1.29 is 5.11 Å². The maximum atomic E-state index is 9.52. The zero-order chi connectivity index (χ0) is 14.1. The minimum absolute atomic E-state index is 0.120. The first-order valence-corrected chi connectivity index (χ1v) is 6.86. The van der Waals surface area contributed by atoms with Crippen LogP contribution in [0.1, 0.15) is 18.4 Å². The van der Waals surface area contributed by atoms with E-state index in [4.69, 9.17) is 11.6 Å². The number of halogens is 1. The van der Waals surface area contributed by atoms with Crippen LogP contribution in [0, 0.1) is 0 Å². The average molecular weight is 291 g/mol. The van der Waals surface area contributed by atoms with E-state index in [1.807, 2.05) is 22.9 Å². The van der Waals surface area contributed by atoms with Gasteiger partial charge in [-0.3, -0.25) is 0 Å². The smallest absolute Gasteiger partial charge is 0.136 e. The molecule has 6 heteroatoms. The van der Waals surface area contributed by atoms with Crippen molar-refractivity contribution in [3.63, 3.8) is 0 Å². The standard InChI is InChI=1S/C14H15ClN4O/c1-2-18-9-16-6-10(18)7-19-12-5-3-4-11(15)14(12)17-13(19)8-20/h3-6,9,20H,2,7-8H2,1H3. The second kappa shape index (κ2) is 5.26. The van der Waals surface area contributed by atoms with Gasteiger partial charge < -0.3 is 14.2 Å². The van der Waals surface area contributed by atoms with E-state index in [0.29, 0.717) is 17.4 Å². The minimum atomic E-state index is -0.120. The van der Waals surface area contributed by atoms with Crippen molar-refractivity contribution in [3.8, 4) is 0 Å². The molecule has 1 aromatic carbocycles. The SMILES string of the molecule is CCn1cncc1Cn1c(CO)nc2c(Cl)cccc21. The molecule has 5 nitrogen and oxygen atoms in total. The van der Waals surface area contributed by atoms with Gasteiger partial charge in [0.2, 0.25) is 0 Å². The number of aliphatic hydroxyl groups excluding tert-OH is 1. The first-order valence-electron chi connectivity index (χ1n) is 6.48. The number of nitrogens with zero attached hydrogens (tertiary/aromatic N) is 4. The van der Waals surface area contributed by atoms with E-state index in [2.05, 4.69) is 21.5 Å². The fourth-order valence-corrected chi connectivity index (χ4v) is 2.60. The van der Waals surface area contributed by atoms with Gasteiger partial charge in [-0.1, -0.05) is 17.7 Å². The number of rotatable bonds is 4. The second-order valence-electron chi connectivity index (χ2n) is 4.55. The number of aromatic nitrogens is 4. The maximum absolute atomic E-state index is 9.52. The molecular weight excluding hydrogens is 276 g/mol. The lowest BCUT2D eigenvalue weighted by Crippen LogP contribution is -2.09. The molecule has 1 N–H and O–H groups in total. The van der Waals surface area contributed by atoms with Crippen LogP contribution in [0.25, 0.3) is 11.0 Å². The van der Waals surface area contributed by atoms with Crippen molar-refractivity contribution >= 4 is 22.6 Å². The molecule has 104 valence electrons. The summed E-state index contributed by atoms with van der Waals surface area (Å²) >= 11 is 6.16. The topological polar surface area (TPSA) is 55.9 Å². The molecule has 3 aromatic rings. The molecule has 0 aliphatic heterocycles. The number of imidazole rings is 2. The Balaban J connectivity index is 2.13. The van der Waals surface area contributed by atoms with Crippen LogP contribution in [0.4, 0.5) is 0 Å². The molecule has 0 spiro atoms. The first kappa shape index (κ1) is 13.1. The Morgan fingerprint density at radius 1 is 1.35 bits per heavy atom. The third kappa shape index (κ3) is 2.09. The quantitative estimate of drug-likeness (QED) is 0.803. The molecule has 0 bridgehead atoms. The number of para-hydroxylation sites is 1. The van der Waals surface area contributed by atoms with Crippen LogP contribution in [0.2, 0.25) is 5.02 Å². The lowest BCUT2D eigenvalue weighted by Gasteiger charge is -2.09. The van der Waals surface area contributed by atoms with Gasteiger partial charge in [0.15, 0.2) is 0 Å². The summed E-state index contributed by atoms with van der Waals surface area (Å²) < 4.78 is 4.04. The molecule has 2 aromatic heterocycles. The van der Waals surface area contributed by atoms with Crippen LogP contribution >= 0.6 is 11.6 Å². The van der Waals surface area contributed by atoms with Crippen molar-refractivity contribution in [2.75, 3.05) is 0 Å². The van der Waals surface area contributed by atoms with Crippen molar-refractivity contribution in [2.45, 2.75) is 26.6 Å². The summed E-state index contributed by atoms with van der Waals surface area (Å²) in [5.41, 5.74) is 2.72. The molecule has 0 aliphatic rings. The van der Waals surface area contributed by atoms with E-state index in [-0.39, 0.29) is 6.61 Å². The van der Waals surface area contributed by atoms with Gasteiger partial charge in [-0.2, -0.15) is 0 Å². The number of hydrogen-bond donors (Lipinski definition) is 1. The van der Waals surface area contributed by atoms with Crippen LogP contribution in [0.5, 0.6) is 0 Å². The zero-order valence-corrected chi connectivity index (χ0v) is 11.9. The lowest BCUT2D eigenvalue weighted by atomic mass is 10.3. The highest BCUT2D eigenvalue weighted by molar-refractivity contribution is 6.34. The normalized spacial score (nSPS) is 11.3. The molecule has 20 heavy (non-hydrogen) atoms. The van der Waals surface area contributed by atoms with Gasteiger partial charge >= 0.3 is 0 Å². The number of hydrogen-bond acceptors (Lipinski definition) is 3. The van der Waals surface area contributed by atoms with E-state index < -0.39 is 0 Å². The second-order valence-corrected chi connectivity index (χ2v) is 4.96. The van der Waals surface area contributed by atoms with Gasteiger partial charge in [0, 0.05) is 12.7 Å². The third-order valence-corrected chi connectivity index (χ3v) is 3.71. The first-order chi connectivity index (χ1) is 9.74. The third-order valence-electron chi connectivity index (χ3n) is 3.41. The summed E-state index contributed by atoms with van der Waals surface area (Å²) in [4.78, 5) is 8.59. The molecule has 0 fully saturated rings. The molecule has 0 unspecified atom stereocenters. The fraction of sp³-hybridized carbons (Fsp3) is 0.286.